The van der Waals surface area contributed by atoms with Crippen LogP contribution >= 0.6 is 0 Å². The molecule has 2 saturated heterocycles. The van der Waals surface area contributed by atoms with Gasteiger partial charge in [-0.05, 0) is 100 Å². The number of hydrogen-bond donors (Lipinski definition) is 2. The van der Waals surface area contributed by atoms with Gasteiger partial charge in [0.1, 0.15) is 0 Å². The SMILES string of the molecule is Cc1cc(-c2ccc3c(C)c(C4CCN(C(=O)CC5CCNCC5)CC4)[nH]c3c2)cc(C)n1. The van der Waals surface area contributed by atoms with Gasteiger partial charge in [-0.2, -0.15) is 0 Å². The molecule has 5 nitrogen and oxygen atoms in total. The molecule has 5 rings (SSSR count). The van der Waals surface area contributed by atoms with E-state index in [0.717, 1.165) is 69.7 Å². The van der Waals surface area contributed by atoms with Crippen LogP contribution < -0.4 is 5.32 Å². The molecule has 1 amide bonds. The Kier molecular flexibility index (Phi) is 6.24. The van der Waals surface area contributed by atoms with Crippen LogP contribution in [0.1, 0.15) is 60.7 Å². The molecule has 174 valence electrons. The molecule has 33 heavy (non-hydrogen) atoms. The largest absolute Gasteiger partial charge is 0.358 e. The van der Waals surface area contributed by atoms with E-state index in [1.54, 1.807) is 0 Å². The Morgan fingerprint density at radius 2 is 1.67 bits per heavy atom. The fraction of sp³-hybridized carbons (Fsp3) is 0.500. The molecule has 2 aliphatic heterocycles. The quantitative estimate of drug-likeness (QED) is 0.578. The van der Waals surface area contributed by atoms with Crippen LogP contribution in [0.5, 0.6) is 0 Å². The number of carbonyl (C=O) groups excluding carboxylic acids is 1. The monoisotopic (exact) mass is 444 g/mol. The van der Waals surface area contributed by atoms with Crippen molar-refractivity contribution in [1.82, 2.24) is 20.2 Å². The molecular formula is C28H36N4O. The van der Waals surface area contributed by atoms with Gasteiger partial charge in [0, 0.05) is 53.4 Å². The van der Waals surface area contributed by atoms with Crippen molar-refractivity contribution in [2.75, 3.05) is 26.2 Å². The maximum atomic E-state index is 12.8. The molecule has 5 heteroatoms. The van der Waals surface area contributed by atoms with Gasteiger partial charge in [0.25, 0.3) is 0 Å². The van der Waals surface area contributed by atoms with E-state index in [2.05, 4.69) is 71.3 Å². The zero-order chi connectivity index (χ0) is 22.9. The highest BCUT2D eigenvalue weighted by molar-refractivity contribution is 5.89. The second kappa shape index (κ2) is 9.30. The number of amides is 1. The zero-order valence-electron chi connectivity index (χ0n) is 20.2. The summed E-state index contributed by atoms with van der Waals surface area (Å²) in [5, 5.41) is 4.70. The number of aromatic nitrogens is 2. The summed E-state index contributed by atoms with van der Waals surface area (Å²) < 4.78 is 0. The Hall–Kier alpha value is -2.66. The number of piperidine rings is 2. The highest BCUT2D eigenvalue weighted by Gasteiger charge is 2.28. The van der Waals surface area contributed by atoms with Crippen LogP contribution in [0.25, 0.3) is 22.0 Å². The maximum Gasteiger partial charge on any atom is 0.222 e. The van der Waals surface area contributed by atoms with E-state index in [1.807, 2.05) is 0 Å². The van der Waals surface area contributed by atoms with Crippen LogP contribution in [-0.4, -0.2) is 47.0 Å². The van der Waals surface area contributed by atoms with Gasteiger partial charge in [0.15, 0.2) is 0 Å². The number of hydrogen-bond acceptors (Lipinski definition) is 3. The maximum absolute atomic E-state index is 12.8. The normalized spacial score (nSPS) is 18.2. The van der Waals surface area contributed by atoms with Crippen molar-refractivity contribution in [2.24, 2.45) is 5.92 Å². The smallest absolute Gasteiger partial charge is 0.222 e. The van der Waals surface area contributed by atoms with Crippen molar-refractivity contribution < 1.29 is 4.79 Å². The van der Waals surface area contributed by atoms with Crippen LogP contribution in [0, 0.1) is 26.7 Å². The van der Waals surface area contributed by atoms with Crippen LogP contribution in [0.4, 0.5) is 0 Å². The van der Waals surface area contributed by atoms with E-state index in [1.165, 1.54) is 33.3 Å². The average molecular weight is 445 g/mol. The number of rotatable bonds is 4. The number of pyridine rings is 1. The molecule has 0 saturated carbocycles. The zero-order valence-corrected chi connectivity index (χ0v) is 20.2. The highest BCUT2D eigenvalue weighted by atomic mass is 16.2. The summed E-state index contributed by atoms with van der Waals surface area (Å²) in [5.74, 6) is 1.42. The second-order valence-electron chi connectivity index (χ2n) is 10.1. The minimum absolute atomic E-state index is 0.362. The van der Waals surface area contributed by atoms with Crippen molar-refractivity contribution >= 4 is 16.8 Å². The Morgan fingerprint density at radius 3 is 2.36 bits per heavy atom. The van der Waals surface area contributed by atoms with E-state index < -0.39 is 0 Å². The molecule has 0 spiro atoms. The van der Waals surface area contributed by atoms with Crippen molar-refractivity contribution in [2.45, 2.75) is 58.8 Å². The fourth-order valence-corrected chi connectivity index (χ4v) is 5.83. The number of nitrogens with zero attached hydrogens (tertiary/aromatic N) is 2. The Bertz CT molecular complexity index is 1130. The lowest BCUT2D eigenvalue weighted by Crippen LogP contribution is -2.40. The lowest BCUT2D eigenvalue weighted by atomic mass is 9.90. The van der Waals surface area contributed by atoms with Crippen molar-refractivity contribution in [3.05, 3.63) is 53.0 Å². The lowest BCUT2D eigenvalue weighted by molar-refractivity contribution is -0.133. The summed E-state index contributed by atoms with van der Waals surface area (Å²) in [6.07, 6.45) is 5.09. The number of fused-ring (bicyclic) bond motifs is 1. The van der Waals surface area contributed by atoms with E-state index in [9.17, 15) is 4.79 Å². The number of aryl methyl sites for hydroxylation is 3. The van der Waals surface area contributed by atoms with Gasteiger partial charge in [-0.15, -0.1) is 0 Å². The highest BCUT2D eigenvalue weighted by Crippen LogP contribution is 2.35. The first kappa shape index (κ1) is 22.1. The third-order valence-corrected chi connectivity index (χ3v) is 7.69. The van der Waals surface area contributed by atoms with Gasteiger partial charge in [0.2, 0.25) is 5.91 Å². The van der Waals surface area contributed by atoms with E-state index >= 15 is 0 Å². The summed E-state index contributed by atoms with van der Waals surface area (Å²) in [5.41, 5.74) is 8.47. The molecular weight excluding hydrogens is 408 g/mol. The minimum Gasteiger partial charge on any atom is -0.358 e. The molecule has 0 unspecified atom stereocenters. The van der Waals surface area contributed by atoms with Gasteiger partial charge >= 0.3 is 0 Å². The van der Waals surface area contributed by atoms with Crippen LogP contribution in [0.3, 0.4) is 0 Å². The van der Waals surface area contributed by atoms with E-state index in [4.69, 9.17) is 0 Å². The molecule has 2 aromatic heterocycles. The lowest BCUT2D eigenvalue weighted by Gasteiger charge is -2.33. The number of likely N-dealkylation sites (tertiary alicyclic amines) is 1. The fourth-order valence-electron chi connectivity index (χ4n) is 5.83. The van der Waals surface area contributed by atoms with Crippen molar-refractivity contribution in [1.29, 1.82) is 0 Å². The number of aromatic amines is 1. The van der Waals surface area contributed by atoms with Gasteiger partial charge in [-0.3, -0.25) is 9.78 Å². The van der Waals surface area contributed by atoms with Crippen molar-refractivity contribution in [3.8, 4) is 11.1 Å². The average Bonchev–Trinajstić information content (AvgIpc) is 3.15. The van der Waals surface area contributed by atoms with E-state index in [0.29, 0.717) is 17.7 Å². The second-order valence-corrected chi connectivity index (χ2v) is 10.1. The standard InChI is InChI=1S/C28H36N4O/c1-18-14-24(15-19(2)30-18)23-4-5-25-20(3)28(31-26(25)17-23)22-8-12-32(13-9-22)27(33)16-21-6-10-29-11-7-21/h4-5,14-15,17,21-22,29,31H,6-13,16H2,1-3H3. The molecule has 0 aliphatic carbocycles. The van der Waals surface area contributed by atoms with Crippen LogP contribution in [0.2, 0.25) is 0 Å². The first-order chi connectivity index (χ1) is 16.0. The van der Waals surface area contributed by atoms with Gasteiger partial charge in [0.05, 0.1) is 0 Å². The first-order valence-corrected chi connectivity index (χ1v) is 12.5. The number of H-pyrrole nitrogens is 1. The molecule has 0 atom stereocenters. The van der Waals surface area contributed by atoms with Gasteiger partial charge in [-0.25, -0.2) is 0 Å². The van der Waals surface area contributed by atoms with Gasteiger partial charge < -0.3 is 15.2 Å². The summed E-state index contributed by atoms with van der Waals surface area (Å²) >= 11 is 0. The minimum atomic E-state index is 0.362. The molecule has 1 aromatic carbocycles. The van der Waals surface area contributed by atoms with Crippen LogP contribution in [-0.2, 0) is 4.79 Å². The number of carbonyl (C=O) groups is 1. The third-order valence-electron chi connectivity index (χ3n) is 7.69. The van der Waals surface area contributed by atoms with Crippen molar-refractivity contribution in [3.63, 3.8) is 0 Å². The summed E-state index contributed by atoms with van der Waals surface area (Å²) in [4.78, 5) is 23.2. The number of benzene rings is 1. The Balaban J connectivity index is 1.29. The topological polar surface area (TPSA) is 61.0 Å². The first-order valence-electron chi connectivity index (χ1n) is 12.5. The molecule has 4 heterocycles. The molecule has 2 aliphatic rings. The molecule has 0 radical (unpaired) electrons. The van der Waals surface area contributed by atoms with Gasteiger partial charge in [-0.1, -0.05) is 12.1 Å². The van der Waals surface area contributed by atoms with Crippen LogP contribution in [0.15, 0.2) is 30.3 Å². The Labute approximate surface area is 197 Å². The van der Waals surface area contributed by atoms with E-state index in [-0.39, 0.29) is 0 Å². The predicted octanol–water partition coefficient (Wildman–Crippen LogP) is 5.25. The molecule has 2 fully saturated rings. The Morgan fingerprint density at radius 1 is 0.970 bits per heavy atom. The number of nitrogens with one attached hydrogen (secondary N) is 2. The third kappa shape index (κ3) is 4.70. The predicted molar refractivity (Wildman–Crippen MR) is 135 cm³/mol. The summed E-state index contributed by atoms with van der Waals surface area (Å²) in [6.45, 7) is 10.2. The molecule has 2 N–H and O–H groups in total. The molecule has 3 aromatic rings. The molecule has 0 bridgehead atoms. The summed E-state index contributed by atoms with van der Waals surface area (Å²) in [7, 11) is 0. The summed E-state index contributed by atoms with van der Waals surface area (Å²) in [6, 6.07) is 11.1.